The molecular weight excluding hydrogens is 526 g/mol. The molecule has 13 heteroatoms. The summed E-state index contributed by atoms with van der Waals surface area (Å²) in [6, 6.07) is 6.44. The molecule has 1 fully saturated rings. The first-order valence-corrected chi connectivity index (χ1v) is 13.1. The number of carbonyl (C=O) groups excluding carboxylic acids is 1. The number of aromatic nitrogens is 4. The highest BCUT2D eigenvalue weighted by molar-refractivity contribution is 7.98. The van der Waals surface area contributed by atoms with E-state index in [1.165, 1.54) is 47.6 Å². The van der Waals surface area contributed by atoms with E-state index in [4.69, 9.17) is 0 Å². The lowest BCUT2D eigenvalue weighted by Crippen LogP contribution is -2.44. The van der Waals surface area contributed by atoms with Gasteiger partial charge in [-0.1, -0.05) is 6.92 Å². The van der Waals surface area contributed by atoms with Crippen molar-refractivity contribution >= 4 is 40.5 Å². The first kappa shape index (κ1) is 26.7. The van der Waals surface area contributed by atoms with E-state index in [1.54, 1.807) is 11.4 Å². The van der Waals surface area contributed by atoms with E-state index in [0.29, 0.717) is 23.7 Å². The minimum absolute atomic E-state index is 0.0286. The Hall–Kier alpha value is -3.94. The average molecular weight is 553 g/mol. The lowest BCUT2D eigenvalue weighted by atomic mass is 10.00. The largest absolute Gasteiger partial charge is 0.338 e. The molecule has 5 rings (SSSR count). The number of fused-ring (bicyclic) bond motifs is 1. The van der Waals surface area contributed by atoms with E-state index in [1.807, 2.05) is 11.8 Å². The van der Waals surface area contributed by atoms with Crippen molar-refractivity contribution in [2.45, 2.75) is 6.92 Å². The zero-order valence-electron chi connectivity index (χ0n) is 21.3. The topological polar surface area (TPSA) is 108 Å². The van der Waals surface area contributed by atoms with E-state index in [0.717, 1.165) is 44.4 Å². The van der Waals surface area contributed by atoms with Crippen molar-refractivity contribution in [1.29, 1.82) is 0 Å². The summed E-state index contributed by atoms with van der Waals surface area (Å²) in [5.41, 5.74) is -0.516. The van der Waals surface area contributed by atoms with Crippen molar-refractivity contribution in [2.75, 3.05) is 49.4 Å². The van der Waals surface area contributed by atoms with E-state index < -0.39 is 28.5 Å². The van der Waals surface area contributed by atoms with Gasteiger partial charge < -0.3 is 14.9 Å². The van der Waals surface area contributed by atoms with E-state index in [2.05, 4.69) is 25.0 Å². The Morgan fingerprint density at radius 3 is 2.59 bits per heavy atom. The Balaban J connectivity index is 1.47. The van der Waals surface area contributed by atoms with E-state index in [9.17, 15) is 14.0 Å². The maximum atomic E-state index is 15.2. The summed E-state index contributed by atoms with van der Waals surface area (Å²) in [5.74, 6) is -2.33. The number of piperazine rings is 1. The first-order chi connectivity index (χ1) is 18.9. The highest BCUT2D eigenvalue weighted by Gasteiger charge is 2.23. The number of benzene rings is 2. The summed E-state index contributed by atoms with van der Waals surface area (Å²) in [6.07, 6.45) is 4.42. The third-order valence-corrected chi connectivity index (χ3v) is 7.28. The Labute approximate surface area is 227 Å². The molecule has 0 unspecified atom stereocenters. The van der Waals surface area contributed by atoms with Gasteiger partial charge in [-0.2, -0.15) is 0 Å². The van der Waals surface area contributed by atoms with Crippen LogP contribution in [-0.2, 0) is 0 Å². The lowest BCUT2D eigenvalue weighted by Gasteiger charge is -2.27. The molecule has 39 heavy (non-hydrogen) atoms. The fourth-order valence-electron chi connectivity index (χ4n) is 4.09. The monoisotopic (exact) mass is 552 g/mol. The van der Waals surface area contributed by atoms with Crippen LogP contribution in [0.3, 0.4) is 0 Å². The molecule has 0 amide bonds. The molecule has 0 spiro atoms. The molecule has 0 aliphatic carbocycles. The molecule has 0 bridgehead atoms. The highest BCUT2D eigenvalue weighted by atomic mass is 32.2. The van der Waals surface area contributed by atoms with Crippen LogP contribution in [0, 0.1) is 11.6 Å². The van der Waals surface area contributed by atoms with Gasteiger partial charge in [-0.15, -0.1) is 0 Å². The van der Waals surface area contributed by atoms with Gasteiger partial charge in [0.25, 0.3) is 5.56 Å². The van der Waals surface area contributed by atoms with Gasteiger partial charge in [0.15, 0.2) is 11.6 Å². The molecule has 202 valence electrons. The Morgan fingerprint density at radius 2 is 1.87 bits per heavy atom. The highest BCUT2D eigenvalue weighted by Crippen LogP contribution is 2.27. The van der Waals surface area contributed by atoms with Gasteiger partial charge in [0, 0.05) is 50.4 Å². The summed E-state index contributed by atoms with van der Waals surface area (Å²) in [5, 5.41) is 3.38. The number of carbonyl (C=O) groups is 1. The third kappa shape index (κ3) is 5.46. The Bertz CT molecular complexity index is 1580. The molecule has 2 aromatic heterocycles. The molecule has 10 nitrogen and oxygen atoms in total. The number of halogens is 2. The van der Waals surface area contributed by atoms with Crippen LogP contribution in [0.4, 0.5) is 20.4 Å². The van der Waals surface area contributed by atoms with Crippen LogP contribution in [0.1, 0.15) is 22.8 Å². The molecule has 2 N–H and O–H groups in total. The number of rotatable bonds is 8. The average Bonchev–Trinajstić information content (AvgIpc) is 2.97. The van der Waals surface area contributed by atoms with Crippen LogP contribution < -0.4 is 20.5 Å². The second-order valence-electron chi connectivity index (χ2n) is 8.88. The van der Waals surface area contributed by atoms with Crippen molar-refractivity contribution < 1.29 is 13.6 Å². The van der Waals surface area contributed by atoms with Crippen molar-refractivity contribution in [1.82, 2.24) is 29.1 Å². The van der Waals surface area contributed by atoms with Crippen molar-refractivity contribution in [3.05, 3.63) is 82.2 Å². The standard InChI is InChI=1S/C26H26F2N8O2S/c1-3-34(2)39-33-21-7-5-19(27)22(23(21)28)24(37)16-4-6-20-18(12-16)25(38)36(15-32-20)17-13-30-26(31-14-17)35-10-8-29-9-11-35/h4-7,12-15,29,33H,3,8-11H2,1-2H3. The van der Waals surface area contributed by atoms with Gasteiger partial charge in [-0.05, 0) is 37.4 Å². The molecule has 2 aromatic carbocycles. The second-order valence-corrected chi connectivity index (χ2v) is 9.89. The van der Waals surface area contributed by atoms with Gasteiger partial charge in [0.2, 0.25) is 5.95 Å². The summed E-state index contributed by atoms with van der Waals surface area (Å²) >= 11 is 1.12. The molecule has 3 heterocycles. The van der Waals surface area contributed by atoms with E-state index >= 15 is 4.39 Å². The molecule has 0 saturated carbocycles. The number of anilines is 2. The maximum absolute atomic E-state index is 15.2. The third-order valence-electron chi connectivity index (χ3n) is 6.40. The van der Waals surface area contributed by atoms with E-state index in [-0.39, 0.29) is 16.6 Å². The lowest BCUT2D eigenvalue weighted by molar-refractivity contribution is 0.103. The van der Waals surface area contributed by atoms with Crippen LogP contribution in [0.5, 0.6) is 0 Å². The molecule has 1 aliphatic heterocycles. The van der Waals surface area contributed by atoms with Crippen molar-refractivity contribution in [3.63, 3.8) is 0 Å². The fraction of sp³-hybridized carbons (Fsp3) is 0.269. The molecular formula is C26H26F2N8O2S. The molecule has 1 aliphatic rings. The zero-order chi connectivity index (χ0) is 27.5. The van der Waals surface area contributed by atoms with Gasteiger partial charge in [-0.25, -0.2) is 28.0 Å². The normalized spacial score (nSPS) is 13.7. The number of nitrogens with one attached hydrogen (secondary N) is 2. The SMILES string of the molecule is CCN(C)SNc1ccc(F)c(C(=O)c2ccc3ncn(-c4cnc(N5CCNCC5)nc4)c(=O)c3c2)c1F. The Kier molecular flexibility index (Phi) is 7.82. The number of nitrogens with zero attached hydrogens (tertiary/aromatic N) is 6. The fourth-order valence-corrected chi connectivity index (χ4v) is 4.63. The smallest absolute Gasteiger partial charge is 0.265 e. The summed E-state index contributed by atoms with van der Waals surface area (Å²) in [4.78, 5) is 41.8. The van der Waals surface area contributed by atoms with Crippen LogP contribution in [-0.4, -0.2) is 69.4 Å². The summed E-state index contributed by atoms with van der Waals surface area (Å²) < 4.78 is 35.8. The van der Waals surface area contributed by atoms with Gasteiger partial charge in [0.05, 0.1) is 40.2 Å². The number of ketones is 1. The number of hydrogen-bond acceptors (Lipinski definition) is 10. The maximum Gasteiger partial charge on any atom is 0.265 e. The summed E-state index contributed by atoms with van der Waals surface area (Å²) in [7, 11) is 1.80. The van der Waals surface area contributed by atoms with Crippen LogP contribution in [0.2, 0.25) is 0 Å². The number of hydrogen-bond donors (Lipinski definition) is 2. The first-order valence-electron chi connectivity index (χ1n) is 12.3. The zero-order valence-corrected chi connectivity index (χ0v) is 22.1. The molecule has 4 aromatic rings. The predicted molar refractivity (Wildman–Crippen MR) is 147 cm³/mol. The quantitative estimate of drug-likeness (QED) is 0.250. The van der Waals surface area contributed by atoms with Crippen LogP contribution >= 0.6 is 12.1 Å². The van der Waals surface area contributed by atoms with Gasteiger partial charge in [0.1, 0.15) is 12.1 Å². The second kappa shape index (κ2) is 11.4. The van der Waals surface area contributed by atoms with Crippen LogP contribution in [0.15, 0.2) is 53.8 Å². The molecule has 0 radical (unpaired) electrons. The van der Waals surface area contributed by atoms with Crippen LogP contribution in [0.25, 0.3) is 16.6 Å². The summed E-state index contributed by atoms with van der Waals surface area (Å²) in [6.45, 7) is 5.84. The van der Waals surface area contributed by atoms with Crippen molar-refractivity contribution in [3.8, 4) is 5.69 Å². The molecule has 1 saturated heterocycles. The minimum atomic E-state index is -1.01. The Morgan fingerprint density at radius 1 is 1.13 bits per heavy atom. The molecule has 0 atom stereocenters. The minimum Gasteiger partial charge on any atom is -0.338 e. The van der Waals surface area contributed by atoms with Gasteiger partial charge in [-0.3, -0.25) is 14.2 Å². The van der Waals surface area contributed by atoms with Gasteiger partial charge >= 0.3 is 0 Å². The van der Waals surface area contributed by atoms with Crippen molar-refractivity contribution in [2.24, 2.45) is 0 Å². The predicted octanol–water partition coefficient (Wildman–Crippen LogP) is 3.02.